The van der Waals surface area contributed by atoms with Gasteiger partial charge in [-0.15, -0.1) is 0 Å². The lowest BCUT2D eigenvalue weighted by Crippen LogP contribution is -2.39. The molecule has 0 heterocycles. The largest absolute Gasteiger partial charge is 0.353 e. The zero-order valence-corrected chi connectivity index (χ0v) is 11.8. The van der Waals surface area contributed by atoms with E-state index in [9.17, 15) is 13.2 Å². The Labute approximate surface area is 113 Å². The smallest absolute Gasteiger partial charge is 0.235 e. The molecule has 1 aromatic rings. The molecule has 6 heteroatoms. The molecule has 104 valence electrons. The van der Waals surface area contributed by atoms with Gasteiger partial charge in [-0.25, -0.2) is 13.1 Å². The maximum Gasteiger partial charge on any atom is 0.235 e. The molecule has 0 saturated carbocycles. The van der Waals surface area contributed by atoms with Crippen LogP contribution in [0.2, 0.25) is 0 Å². The molecule has 19 heavy (non-hydrogen) atoms. The van der Waals surface area contributed by atoms with E-state index in [2.05, 4.69) is 10.0 Å². The Morgan fingerprint density at radius 3 is 2.47 bits per heavy atom. The number of rotatable bonds is 6. The van der Waals surface area contributed by atoms with Crippen molar-refractivity contribution in [2.24, 2.45) is 0 Å². The second-order valence-corrected chi connectivity index (χ2v) is 5.95. The SMILES string of the molecule is CC(C)NC(=O)CNS(=O)(=O)/C=C/c1ccccc1. The van der Waals surface area contributed by atoms with Crippen LogP contribution in [0.4, 0.5) is 0 Å². The number of carbonyl (C=O) groups is 1. The first-order valence-corrected chi connectivity index (χ1v) is 7.46. The highest BCUT2D eigenvalue weighted by Crippen LogP contribution is 2.02. The molecule has 0 radical (unpaired) electrons. The Bertz CT molecular complexity index is 536. The monoisotopic (exact) mass is 282 g/mol. The van der Waals surface area contributed by atoms with Crippen molar-refractivity contribution in [3.63, 3.8) is 0 Å². The third-order valence-electron chi connectivity index (χ3n) is 2.12. The van der Waals surface area contributed by atoms with Gasteiger partial charge in [0.05, 0.1) is 6.54 Å². The molecule has 0 unspecified atom stereocenters. The number of nitrogens with one attached hydrogen (secondary N) is 2. The zero-order chi connectivity index (χ0) is 14.3. The van der Waals surface area contributed by atoms with Gasteiger partial charge in [-0.2, -0.15) is 0 Å². The molecule has 0 spiro atoms. The summed E-state index contributed by atoms with van der Waals surface area (Å²) in [5.74, 6) is -0.355. The lowest BCUT2D eigenvalue weighted by atomic mass is 10.2. The van der Waals surface area contributed by atoms with Gasteiger partial charge < -0.3 is 5.32 Å². The number of amides is 1. The molecular formula is C13H18N2O3S. The first-order chi connectivity index (χ1) is 8.89. The molecule has 1 rings (SSSR count). The van der Waals surface area contributed by atoms with Crippen LogP contribution in [0.3, 0.4) is 0 Å². The van der Waals surface area contributed by atoms with Crippen molar-refractivity contribution in [3.8, 4) is 0 Å². The topological polar surface area (TPSA) is 75.3 Å². The molecule has 0 aliphatic rings. The van der Waals surface area contributed by atoms with Crippen molar-refractivity contribution < 1.29 is 13.2 Å². The molecule has 1 amide bonds. The number of hydrogen-bond acceptors (Lipinski definition) is 3. The van der Waals surface area contributed by atoms with E-state index in [-0.39, 0.29) is 18.5 Å². The van der Waals surface area contributed by atoms with Gasteiger partial charge in [-0.3, -0.25) is 4.79 Å². The van der Waals surface area contributed by atoms with Crippen LogP contribution in [0.1, 0.15) is 19.4 Å². The van der Waals surface area contributed by atoms with Crippen LogP contribution in [-0.2, 0) is 14.8 Å². The Morgan fingerprint density at radius 1 is 1.26 bits per heavy atom. The van der Waals surface area contributed by atoms with E-state index in [1.54, 1.807) is 12.1 Å². The summed E-state index contributed by atoms with van der Waals surface area (Å²) in [6.45, 7) is 3.35. The maximum atomic E-state index is 11.6. The van der Waals surface area contributed by atoms with E-state index >= 15 is 0 Å². The van der Waals surface area contributed by atoms with Crippen LogP contribution < -0.4 is 10.0 Å². The minimum absolute atomic E-state index is 0.0168. The van der Waals surface area contributed by atoms with Gasteiger partial charge in [0, 0.05) is 11.4 Å². The van der Waals surface area contributed by atoms with Crippen LogP contribution in [0.15, 0.2) is 35.7 Å². The van der Waals surface area contributed by atoms with E-state index < -0.39 is 10.0 Å². The van der Waals surface area contributed by atoms with Crippen LogP contribution in [-0.4, -0.2) is 26.9 Å². The average Bonchev–Trinajstić information content (AvgIpc) is 2.35. The van der Waals surface area contributed by atoms with Gasteiger partial charge in [0.2, 0.25) is 15.9 Å². The Balaban J connectivity index is 2.53. The fraction of sp³-hybridized carbons (Fsp3) is 0.308. The van der Waals surface area contributed by atoms with Gasteiger partial charge in [0.25, 0.3) is 0 Å². The maximum absolute atomic E-state index is 11.6. The summed E-state index contributed by atoms with van der Waals surface area (Å²) in [6.07, 6.45) is 1.47. The van der Waals surface area contributed by atoms with E-state index in [4.69, 9.17) is 0 Å². The van der Waals surface area contributed by atoms with Crippen LogP contribution in [0.5, 0.6) is 0 Å². The predicted octanol–water partition coefficient (Wildman–Crippen LogP) is 1.10. The molecule has 2 N–H and O–H groups in total. The first kappa shape index (κ1) is 15.4. The van der Waals surface area contributed by atoms with Gasteiger partial charge in [0.15, 0.2) is 0 Å². The second-order valence-electron chi connectivity index (χ2n) is 4.30. The third-order valence-corrected chi connectivity index (χ3v) is 3.16. The number of carbonyl (C=O) groups excluding carboxylic acids is 1. The molecule has 0 fully saturated rings. The Kier molecular flexibility index (Phi) is 5.72. The van der Waals surface area contributed by atoms with Crippen LogP contribution in [0.25, 0.3) is 6.08 Å². The summed E-state index contributed by atoms with van der Waals surface area (Å²) in [7, 11) is -3.60. The minimum Gasteiger partial charge on any atom is -0.353 e. The number of benzene rings is 1. The highest BCUT2D eigenvalue weighted by Gasteiger charge is 2.09. The van der Waals surface area contributed by atoms with Gasteiger partial charge in [0.1, 0.15) is 0 Å². The van der Waals surface area contributed by atoms with Crippen molar-refractivity contribution in [1.82, 2.24) is 10.0 Å². The molecule has 0 bridgehead atoms. The summed E-state index contributed by atoms with van der Waals surface area (Å²) >= 11 is 0. The van der Waals surface area contributed by atoms with Crippen molar-refractivity contribution in [2.45, 2.75) is 19.9 Å². The van der Waals surface area contributed by atoms with Crippen LogP contribution in [0, 0.1) is 0 Å². The highest BCUT2D eigenvalue weighted by molar-refractivity contribution is 7.92. The number of sulfonamides is 1. The Hall–Kier alpha value is -1.66. The molecule has 0 aromatic heterocycles. The standard InChI is InChI=1S/C13H18N2O3S/c1-11(2)15-13(16)10-14-19(17,18)9-8-12-6-4-3-5-7-12/h3-9,11,14H,10H2,1-2H3,(H,15,16)/b9-8+. The molecule has 5 nitrogen and oxygen atoms in total. The second kappa shape index (κ2) is 7.06. The lowest BCUT2D eigenvalue weighted by Gasteiger charge is -2.08. The fourth-order valence-electron chi connectivity index (χ4n) is 1.32. The van der Waals surface area contributed by atoms with Crippen molar-refractivity contribution in [2.75, 3.05) is 6.54 Å². The summed E-state index contributed by atoms with van der Waals surface area (Å²) in [6, 6.07) is 9.04. The zero-order valence-electron chi connectivity index (χ0n) is 11.0. The van der Waals surface area contributed by atoms with Crippen molar-refractivity contribution >= 4 is 22.0 Å². The predicted molar refractivity (Wildman–Crippen MR) is 75.7 cm³/mol. The quantitative estimate of drug-likeness (QED) is 0.820. The van der Waals surface area contributed by atoms with E-state index in [1.165, 1.54) is 6.08 Å². The average molecular weight is 282 g/mol. The molecule has 0 aliphatic heterocycles. The van der Waals surface area contributed by atoms with Crippen molar-refractivity contribution in [3.05, 3.63) is 41.3 Å². The number of hydrogen-bond donors (Lipinski definition) is 2. The highest BCUT2D eigenvalue weighted by atomic mass is 32.2. The Morgan fingerprint density at radius 2 is 1.89 bits per heavy atom. The molecule has 0 aliphatic carbocycles. The summed E-state index contributed by atoms with van der Waals surface area (Å²) in [5.41, 5.74) is 0.777. The normalized spacial score (nSPS) is 11.9. The van der Waals surface area contributed by atoms with Crippen molar-refractivity contribution in [1.29, 1.82) is 0 Å². The van der Waals surface area contributed by atoms with E-state index in [1.807, 2.05) is 32.0 Å². The van der Waals surface area contributed by atoms with Gasteiger partial charge in [-0.1, -0.05) is 30.3 Å². The molecular weight excluding hydrogens is 264 g/mol. The van der Waals surface area contributed by atoms with Gasteiger partial charge in [-0.05, 0) is 25.5 Å². The molecule has 0 atom stereocenters. The third kappa shape index (κ3) is 6.73. The summed E-state index contributed by atoms with van der Waals surface area (Å²) in [4.78, 5) is 11.3. The minimum atomic E-state index is -3.60. The molecule has 0 saturated heterocycles. The molecule has 1 aromatic carbocycles. The lowest BCUT2D eigenvalue weighted by molar-refractivity contribution is -0.120. The first-order valence-electron chi connectivity index (χ1n) is 5.91. The van der Waals surface area contributed by atoms with E-state index in [0.717, 1.165) is 11.0 Å². The summed E-state index contributed by atoms with van der Waals surface area (Å²) in [5, 5.41) is 3.65. The van der Waals surface area contributed by atoms with Crippen LogP contribution >= 0.6 is 0 Å². The summed E-state index contributed by atoms with van der Waals surface area (Å²) < 4.78 is 25.4. The fourth-order valence-corrected chi connectivity index (χ4v) is 2.08. The van der Waals surface area contributed by atoms with E-state index in [0.29, 0.717) is 0 Å². The van der Waals surface area contributed by atoms with Gasteiger partial charge >= 0.3 is 0 Å².